The highest BCUT2D eigenvalue weighted by Gasteiger charge is 2.36. The van der Waals surface area contributed by atoms with Crippen LogP contribution in [0.15, 0.2) is 35.1 Å². The highest BCUT2D eigenvalue weighted by atomic mass is 35.5. The van der Waals surface area contributed by atoms with Gasteiger partial charge in [0.1, 0.15) is 0 Å². The molecule has 1 aromatic carbocycles. The first-order chi connectivity index (χ1) is 14.0. The van der Waals surface area contributed by atoms with E-state index in [2.05, 4.69) is 15.3 Å². The van der Waals surface area contributed by atoms with Gasteiger partial charge in [-0.25, -0.2) is 4.98 Å². The number of carbonyl (C=O) groups is 1. The number of piperidine rings is 1. The second kappa shape index (κ2) is 8.29. The summed E-state index contributed by atoms with van der Waals surface area (Å²) in [6, 6.07) is 7.34. The molecule has 1 aliphatic rings. The number of H-pyrrole nitrogens is 1. The van der Waals surface area contributed by atoms with E-state index in [-0.39, 0.29) is 17.9 Å². The SMILES string of the molecule is CC(C)(C(=O)N1CCC(Nc2nc(C(F)(F)F)cc(=O)[nH]2)CC1)c1ccc(Cl)cc1. The fourth-order valence-electron chi connectivity index (χ4n) is 3.48. The monoisotopic (exact) mass is 442 g/mol. The van der Waals surface area contributed by atoms with E-state index in [4.69, 9.17) is 11.6 Å². The Balaban J connectivity index is 1.64. The summed E-state index contributed by atoms with van der Waals surface area (Å²) < 4.78 is 38.5. The maximum absolute atomic E-state index is 13.1. The molecule has 30 heavy (non-hydrogen) atoms. The van der Waals surface area contributed by atoms with Crippen molar-refractivity contribution in [2.75, 3.05) is 18.4 Å². The topological polar surface area (TPSA) is 78.1 Å². The summed E-state index contributed by atoms with van der Waals surface area (Å²) in [5, 5.41) is 3.44. The van der Waals surface area contributed by atoms with Crippen LogP contribution in [0.3, 0.4) is 0 Å². The Morgan fingerprint density at radius 3 is 2.37 bits per heavy atom. The van der Waals surface area contributed by atoms with Gasteiger partial charge in [-0.2, -0.15) is 13.2 Å². The van der Waals surface area contributed by atoms with Crippen molar-refractivity contribution in [1.82, 2.24) is 14.9 Å². The Morgan fingerprint density at radius 2 is 1.80 bits per heavy atom. The van der Waals surface area contributed by atoms with Crippen molar-refractivity contribution < 1.29 is 18.0 Å². The van der Waals surface area contributed by atoms with Crippen LogP contribution >= 0.6 is 11.6 Å². The summed E-state index contributed by atoms with van der Waals surface area (Å²) in [4.78, 5) is 32.1. The number of aromatic nitrogens is 2. The van der Waals surface area contributed by atoms with Crippen molar-refractivity contribution in [1.29, 1.82) is 0 Å². The zero-order chi connectivity index (χ0) is 22.1. The number of rotatable bonds is 4. The van der Waals surface area contributed by atoms with Crippen LogP contribution in [0.25, 0.3) is 0 Å². The predicted octanol–water partition coefficient (Wildman–Crippen LogP) is 3.82. The first kappa shape index (κ1) is 22.1. The van der Waals surface area contributed by atoms with Gasteiger partial charge in [-0.1, -0.05) is 23.7 Å². The van der Waals surface area contributed by atoms with Gasteiger partial charge < -0.3 is 10.2 Å². The first-order valence-corrected chi connectivity index (χ1v) is 9.85. The number of aromatic amines is 1. The molecule has 10 heteroatoms. The molecule has 2 N–H and O–H groups in total. The lowest BCUT2D eigenvalue weighted by molar-refractivity contribution is -0.141. The molecule has 162 valence electrons. The maximum atomic E-state index is 13.1. The molecule has 1 fully saturated rings. The van der Waals surface area contributed by atoms with E-state index < -0.39 is 22.8 Å². The van der Waals surface area contributed by atoms with Gasteiger partial charge in [0.2, 0.25) is 11.9 Å². The average molecular weight is 443 g/mol. The summed E-state index contributed by atoms with van der Waals surface area (Å²) in [7, 11) is 0. The molecule has 1 amide bonds. The summed E-state index contributed by atoms with van der Waals surface area (Å²) in [5.74, 6) is -0.255. The minimum Gasteiger partial charge on any atom is -0.353 e. The van der Waals surface area contributed by atoms with Crippen LogP contribution in [0.4, 0.5) is 19.1 Å². The Bertz CT molecular complexity index is 965. The lowest BCUT2D eigenvalue weighted by atomic mass is 9.82. The zero-order valence-electron chi connectivity index (χ0n) is 16.5. The fraction of sp³-hybridized carbons (Fsp3) is 0.450. The van der Waals surface area contributed by atoms with Crippen molar-refractivity contribution in [3.8, 4) is 0 Å². The molecule has 2 heterocycles. The lowest BCUT2D eigenvalue weighted by Gasteiger charge is -2.37. The first-order valence-electron chi connectivity index (χ1n) is 9.47. The van der Waals surface area contributed by atoms with E-state index in [9.17, 15) is 22.8 Å². The molecule has 0 aliphatic carbocycles. The minimum atomic E-state index is -4.70. The minimum absolute atomic E-state index is 0.0335. The molecule has 1 saturated heterocycles. The molecule has 0 spiro atoms. The largest absolute Gasteiger partial charge is 0.433 e. The van der Waals surface area contributed by atoms with E-state index >= 15 is 0 Å². The molecular formula is C20H22ClF3N4O2. The molecule has 0 atom stereocenters. The molecule has 2 aromatic rings. The highest BCUT2D eigenvalue weighted by Crippen LogP contribution is 2.29. The number of alkyl halides is 3. The van der Waals surface area contributed by atoms with Gasteiger partial charge in [0, 0.05) is 30.2 Å². The van der Waals surface area contributed by atoms with E-state index in [0.29, 0.717) is 37.0 Å². The van der Waals surface area contributed by atoms with Crippen molar-refractivity contribution in [3.63, 3.8) is 0 Å². The summed E-state index contributed by atoms with van der Waals surface area (Å²) in [6.07, 6.45) is -3.67. The van der Waals surface area contributed by atoms with Crippen LogP contribution in [0.1, 0.15) is 37.9 Å². The van der Waals surface area contributed by atoms with Crippen LogP contribution in [0.5, 0.6) is 0 Å². The van der Waals surface area contributed by atoms with E-state index in [1.54, 1.807) is 17.0 Å². The Labute approximate surface area is 176 Å². The molecule has 0 unspecified atom stereocenters. The molecule has 3 rings (SSSR count). The van der Waals surface area contributed by atoms with Crippen molar-refractivity contribution >= 4 is 23.5 Å². The number of nitrogens with zero attached hydrogens (tertiary/aromatic N) is 2. The number of anilines is 1. The van der Waals surface area contributed by atoms with Crippen molar-refractivity contribution in [3.05, 3.63) is 57.0 Å². The third-order valence-electron chi connectivity index (χ3n) is 5.26. The van der Waals surface area contributed by atoms with Gasteiger partial charge in [0.15, 0.2) is 5.69 Å². The number of hydrogen-bond donors (Lipinski definition) is 2. The standard InChI is InChI=1S/C20H22ClF3N4O2/c1-19(2,12-3-5-13(21)6-4-12)17(30)28-9-7-14(8-10-28)25-18-26-15(20(22,23)24)11-16(29)27-18/h3-6,11,14H,7-10H2,1-2H3,(H2,25,26,27,29). The van der Waals surface area contributed by atoms with Crippen LogP contribution in [0.2, 0.25) is 5.02 Å². The number of nitrogens with one attached hydrogen (secondary N) is 2. The van der Waals surface area contributed by atoms with Gasteiger partial charge >= 0.3 is 6.18 Å². The van der Waals surface area contributed by atoms with Crippen molar-refractivity contribution in [2.45, 2.75) is 44.3 Å². The van der Waals surface area contributed by atoms with E-state index in [1.807, 2.05) is 26.0 Å². The van der Waals surface area contributed by atoms with Gasteiger partial charge in [-0.3, -0.25) is 14.6 Å². The van der Waals surface area contributed by atoms with Gasteiger partial charge in [-0.15, -0.1) is 0 Å². The molecular weight excluding hydrogens is 421 g/mol. The normalized spacial score (nSPS) is 15.9. The van der Waals surface area contributed by atoms with Crippen LogP contribution in [-0.4, -0.2) is 39.9 Å². The molecule has 1 aliphatic heterocycles. The number of benzene rings is 1. The smallest absolute Gasteiger partial charge is 0.353 e. The van der Waals surface area contributed by atoms with Crippen molar-refractivity contribution in [2.24, 2.45) is 0 Å². The summed E-state index contributed by atoms with van der Waals surface area (Å²) >= 11 is 5.93. The van der Waals surface area contributed by atoms with E-state index in [0.717, 1.165) is 5.56 Å². The predicted molar refractivity (Wildman–Crippen MR) is 108 cm³/mol. The lowest BCUT2D eigenvalue weighted by Crippen LogP contribution is -2.49. The third-order valence-corrected chi connectivity index (χ3v) is 5.51. The van der Waals surface area contributed by atoms with Crippen LogP contribution in [0, 0.1) is 0 Å². The molecule has 0 radical (unpaired) electrons. The fourth-order valence-corrected chi connectivity index (χ4v) is 3.60. The highest BCUT2D eigenvalue weighted by molar-refractivity contribution is 6.30. The maximum Gasteiger partial charge on any atom is 0.433 e. The zero-order valence-corrected chi connectivity index (χ0v) is 17.3. The summed E-state index contributed by atoms with van der Waals surface area (Å²) in [5.41, 5.74) is -2.01. The second-order valence-corrected chi connectivity index (χ2v) is 8.26. The number of likely N-dealkylation sites (tertiary alicyclic amines) is 1. The molecule has 0 bridgehead atoms. The van der Waals surface area contributed by atoms with Crippen LogP contribution in [-0.2, 0) is 16.4 Å². The molecule has 1 aromatic heterocycles. The molecule has 0 saturated carbocycles. The second-order valence-electron chi connectivity index (χ2n) is 7.82. The Morgan fingerprint density at radius 1 is 1.20 bits per heavy atom. The average Bonchev–Trinajstić information content (AvgIpc) is 2.67. The van der Waals surface area contributed by atoms with Crippen LogP contribution < -0.4 is 10.9 Å². The quantitative estimate of drug-likeness (QED) is 0.754. The number of halogens is 4. The van der Waals surface area contributed by atoms with Gasteiger partial charge in [-0.05, 0) is 44.4 Å². The Hall–Kier alpha value is -2.55. The number of hydrogen-bond acceptors (Lipinski definition) is 4. The van der Waals surface area contributed by atoms with Gasteiger partial charge in [0.05, 0.1) is 5.41 Å². The Kier molecular flexibility index (Phi) is 6.12. The molecule has 6 nitrogen and oxygen atoms in total. The number of carbonyl (C=O) groups excluding carboxylic acids is 1. The summed E-state index contributed by atoms with van der Waals surface area (Å²) in [6.45, 7) is 4.58. The number of amides is 1. The third kappa shape index (κ3) is 4.95. The van der Waals surface area contributed by atoms with E-state index in [1.165, 1.54) is 0 Å². The van der Waals surface area contributed by atoms with Gasteiger partial charge in [0.25, 0.3) is 5.56 Å².